The zero-order valence-electron chi connectivity index (χ0n) is 7.91. The van der Waals surface area contributed by atoms with Crippen LogP contribution in [0.3, 0.4) is 0 Å². The van der Waals surface area contributed by atoms with Crippen molar-refractivity contribution in [1.82, 2.24) is 19.7 Å². The molecule has 0 fully saturated rings. The summed E-state index contributed by atoms with van der Waals surface area (Å²) >= 11 is 0. The van der Waals surface area contributed by atoms with Crippen LogP contribution in [-0.2, 0) is 0 Å². The van der Waals surface area contributed by atoms with Crippen molar-refractivity contribution in [2.24, 2.45) is 0 Å². The van der Waals surface area contributed by atoms with E-state index in [0.717, 1.165) is 16.6 Å². The molecule has 2 aromatic heterocycles. The molecule has 0 spiro atoms. The Morgan fingerprint density at radius 2 is 2.20 bits per heavy atom. The molecule has 0 saturated heterocycles. The molecule has 4 nitrogen and oxygen atoms in total. The van der Waals surface area contributed by atoms with E-state index in [9.17, 15) is 0 Å². The molecule has 0 atom stereocenters. The molecule has 0 radical (unpaired) electrons. The van der Waals surface area contributed by atoms with Gasteiger partial charge in [-0.2, -0.15) is 5.10 Å². The number of hydrogen-bond acceptors (Lipinski definition) is 3. The molecule has 0 N–H and O–H groups in total. The highest BCUT2D eigenvalue weighted by Gasteiger charge is 1.98. The van der Waals surface area contributed by atoms with Crippen LogP contribution in [0, 0.1) is 0 Å². The zero-order chi connectivity index (χ0) is 10.1. The van der Waals surface area contributed by atoms with E-state index in [-0.39, 0.29) is 0 Å². The predicted octanol–water partition coefficient (Wildman–Crippen LogP) is 1.82. The molecule has 15 heavy (non-hydrogen) atoms. The normalized spacial score (nSPS) is 10.7. The second-order valence-corrected chi connectivity index (χ2v) is 3.22. The third kappa shape index (κ3) is 1.36. The zero-order valence-corrected chi connectivity index (χ0v) is 7.91. The van der Waals surface area contributed by atoms with Crippen LogP contribution in [0.2, 0.25) is 0 Å². The van der Waals surface area contributed by atoms with E-state index in [1.807, 2.05) is 35.1 Å². The minimum Gasteiger partial charge on any atom is -0.244 e. The highest BCUT2D eigenvalue weighted by molar-refractivity contribution is 5.79. The molecule has 0 amide bonds. The summed E-state index contributed by atoms with van der Waals surface area (Å²) in [6.45, 7) is 0. The lowest BCUT2D eigenvalue weighted by atomic mass is 10.2. The van der Waals surface area contributed by atoms with E-state index in [0.29, 0.717) is 0 Å². The van der Waals surface area contributed by atoms with E-state index in [1.165, 1.54) is 0 Å². The van der Waals surface area contributed by atoms with E-state index < -0.39 is 0 Å². The first kappa shape index (κ1) is 8.11. The van der Waals surface area contributed by atoms with Crippen LogP contribution in [0.5, 0.6) is 0 Å². The Hall–Kier alpha value is -2.23. The van der Waals surface area contributed by atoms with Crippen molar-refractivity contribution in [2.45, 2.75) is 0 Å². The maximum Gasteiger partial charge on any atom is 0.116 e. The lowest BCUT2D eigenvalue weighted by Gasteiger charge is -2.02. The first-order valence-electron chi connectivity index (χ1n) is 4.63. The fourth-order valence-corrected chi connectivity index (χ4v) is 1.54. The SMILES string of the molecule is c1cnn(-c2ccc3ncncc3c2)c1. The van der Waals surface area contributed by atoms with Gasteiger partial charge in [0.2, 0.25) is 0 Å². The fraction of sp³-hybridized carbons (Fsp3) is 0. The monoisotopic (exact) mass is 196 g/mol. The van der Waals surface area contributed by atoms with E-state index >= 15 is 0 Å². The Morgan fingerprint density at radius 1 is 1.20 bits per heavy atom. The van der Waals surface area contributed by atoms with Crippen molar-refractivity contribution in [3.8, 4) is 5.69 Å². The first-order valence-corrected chi connectivity index (χ1v) is 4.63. The molecule has 4 heteroatoms. The number of benzene rings is 1. The van der Waals surface area contributed by atoms with Crippen LogP contribution in [0.4, 0.5) is 0 Å². The predicted molar refractivity (Wildman–Crippen MR) is 56.7 cm³/mol. The van der Waals surface area contributed by atoms with Gasteiger partial charge in [0.1, 0.15) is 6.33 Å². The summed E-state index contributed by atoms with van der Waals surface area (Å²) < 4.78 is 1.81. The lowest BCUT2D eigenvalue weighted by molar-refractivity contribution is 0.882. The average Bonchev–Trinajstić information content (AvgIpc) is 2.82. The molecule has 0 unspecified atom stereocenters. The Morgan fingerprint density at radius 3 is 3.07 bits per heavy atom. The smallest absolute Gasteiger partial charge is 0.116 e. The van der Waals surface area contributed by atoms with Crippen LogP contribution in [0.25, 0.3) is 16.6 Å². The van der Waals surface area contributed by atoms with Gasteiger partial charge in [-0.3, -0.25) is 0 Å². The van der Waals surface area contributed by atoms with Gasteiger partial charge in [-0.25, -0.2) is 14.6 Å². The van der Waals surface area contributed by atoms with Gasteiger partial charge in [0, 0.05) is 24.0 Å². The Bertz CT molecular complexity index is 586. The molecule has 0 saturated carbocycles. The van der Waals surface area contributed by atoms with Crippen molar-refractivity contribution >= 4 is 10.9 Å². The van der Waals surface area contributed by atoms with Crippen LogP contribution in [0.15, 0.2) is 49.2 Å². The third-order valence-corrected chi connectivity index (χ3v) is 2.26. The van der Waals surface area contributed by atoms with Gasteiger partial charge in [-0.15, -0.1) is 0 Å². The van der Waals surface area contributed by atoms with Gasteiger partial charge < -0.3 is 0 Å². The molecular formula is C11H8N4. The van der Waals surface area contributed by atoms with Crippen LogP contribution >= 0.6 is 0 Å². The maximum atomic E-state index is 4.17. The van der Waals surface area contributed by atoms with Gasteiger partial charge in [0.05, 0.1) is 11.2 Å². The summed E-state index contributed by atoms with van der Waals surface area (Å²) in [5, 5.41) is 5.19. The van der Waals surface area contributed by atoms with Gasteiger partial charge >= 0.3 is 0 Å². The highest BCUT2D eigenvalue weighted by atomic mass is 15.3. The molecule has 1 aromatic carbocycles. The molecular weight excluding hydrogens is 188 g/mol. The third-order valence-electron chi connectivity index (χ3n) is 2.26. The van der Waals surface area contributed by atoms with Crippen molar-refractivity contribution in [3.63, 3.8) is 0 Å². The summed E-state index contributed by atoms with van der Waals surface area (Å²) in [6, 6.07) is 7.87. The van der Waals surface area contributed by atoms with Gasteiger partial charge in [0.25, 0.3) is 0 Å². The largest absolute Gasteiger partial charge is 0.244 e. The quantitative estimate of drug-likeness (QED) is 0.596. The van der Waals surface area contributed by atoms with Crippen molar-refractivity contribution in [2.75, 3.05) is 0 Å². The second-order valence-electron chi connectivity index (χ2n) is 3.22. The summed E-state index contributed by atoms with van der Waals surface area (Å²) in [7, 11) is 0. The standard InChI is InChI=1S/C11H8N4/c1-4-14-15(5-1)10-2-3-11-9(6-10)7-12-8-13-11/h1-8H. The number of hydrogen-bond donors (Lipinski definition) is 0. The van der Waals surface area contributed by atoms with E-state index in [1.54, 1.807) is 18.7 Å². The Balaban J connectivity index is 2.22. The van der Waals surface area contributed by atoms with Crippen molar-refractivity contribution < 1.29 is 0 Å². The molecule has 3 rings (SSSR count). The minimum absolute atomic E-state index is 0.945. The first-order chi connectivity index (χ1) is 7.43. The van der Waals surface area contributed by atoms with E-state index in [4.69, 9.17) is 0 Å². The molecule has 0 aliphatic carbocycles. The summed E-state index contributed by atoms with van der Waals surface area (Å²) in [4.78, 5) is 8.16. The summed E-state index contributed by atoms with van der Waals surface area (Å²) in [5.74, 6) is 0. The Labute approximate surface area is 86.2 Å². The molecule has 2 heterocycles. The number of fused-ring (bicyclic) bond motifs is 1. The highest BCUT2D eigenvalue weighted by Crippen LogP contribution is 2.14. The lowest BCUT2D eigenvalue weighted by Crippen LogP contribution is -1.94. The van der Waals surface area contributed by atoms with Gasteiger partial charge in [-0.05, 0) is 24.3 Å². The van der Waals surface area contributed by atoms with Crippen molar-refractivity contribution in [3.05, 3.63) is 49.2 Å². The van der Waals surface area contributed by atoms with E-state index in [2.05, 4.69) is 15.1 Å². The molecule has 0 aliphatic heterocycles. The topological polar surface area (TPSA) is 43.6 Å². The molecule has 3 aromatic rings. The minimum atomic E-state index is 0.945. The molecule has 72 valence electrons. The van der Waals surface area contributed by atoms with Crippen molar-refractivity contribution in [1.29, 1.82) is 0 Å². The van der Waals surface area contributed by atoms with Gasteiger partial charge in [-0.1, -0.05) is 0 Å². The number of rotatable bonds is 1. The number of nitrogens with zero attached hydrogens (tertiary/aromatic N) is 4. The summed E-state index contributed by atoms with van der Waals surface area (Å²) in [5.41, 5.74) is 1.96. The summed E-state index contributed by atoms with van der Waals surface area (Å²) in [6.07, 6.45) is 7.02. The number of aromatic nitrogens is 4. The van der Waals surface area contributed by atoms with Crippen LogP contribution < -0.4 is 0 Å². The van der Waals surface area contributed by atoms with Crippen LogP contribution in [-0.4, -0.2) is 19.7 Å². The van der Waals surface area contributed by atoms with Gasteiger partial charge in [0.15, 0.2) is 0 Å². The van der Waals surface area contributed by atoms with Crippen LogP contribution in [0.1, 0.15) is 0 Å². The fourth-order valence-electron chi connectivity index (χ4n) is 1.54. The molecule has 0 bridgehead atoms. The maximum absolute atomic E-state index is 4.17. The average molecular weight is 196 g/mol. The second kappa shape index (κ2) is 3.16. The molecule has 0 aliphatic rings. The Kier molecular flexibility index (Phi) is 1.71.